The van der Waals surface area contributed by atoms with Gasteiger partial charge < -0.3 is 9.84 Å². The Morgan fingerprint density at radius 1 is 1.61 bits per heavy atom. The zero-order valence-corrected chi connectivity index (χ0v) is 11.7. The molecule has 0 aromatic heterocycles. The van der Waals surface area contributed by atoms with Gasteiger partial charge in [0, 0.05) is 26.7 Å². The average molecular weight is 289 g/mol. The fraction of sp³-hybridized carbons (Fsp3) is 0.545. The maximum Gasteiger partial charge on any atom is 0.303 e. The molecule has 0 spiro atoms. The Kier molecular flexibility index (Phi) is 6.31. The summed E-state index contributed by atoms with van der Waals surface area (Å²) in [5, 5.41) is 8.55. The molecule has 1 rings (SSSR count). The first-order chi connectivity index (χ1) is 8.56. The second-order valence-electron chi connectivity index (χ2n) is 3.67. The van der Waals surface area contributed by atoms with Crippen LogP contribution in [0.1, 0.15) is 19.3 Å². The van der Waals surface area contributed by atoms with Crippen LogP contribution < -0.4 is 0 Å². The molecular formula is C11H15NO4S2. The highest BCUT2D eigenvalue weighted by atomic mass is 32.2. The fourth-order valence-corrected chi connectivity index (χ4v) is 2.74. The van der Waals surface area contributed by atoms with Crippen molar-refractivity contribution in [2.75, 3.05) is 20.3 Å². The molecule has 0 aromatic rings. The van der Waals surface area contributed by atoms with Crippen molar-refractivity contribution in [3.8, 4) is 0 Å². The van der Waals surface area contributed by atoms with Crippen LogP contribution in [-0.4, -0.2) is 46.5 Å². The number of methoxy groups -OCH3 is 1. The highest BCUT2D eigenvalue weighted by Crippen LogP contribution is 2.31. The van der Waals surface area contributed by atoms with E-state index in [1.54, 1.807) is 13.2 Å². The number of amides is 1. The first kappa shape index (κ1) is 15.1. The van der Waals surface area contributed by atoms with Gasteiger partial charge in [-0.2, -0.15) is 0 Å². The lowest BCUT2D eigenvalue weighted by molar-refractivity contribution is -0.137. The van der Waals surface area contributed by atoms with Crippen LogP contribution in [0.15, 0.2) is 11.0 Å². The van der Waals surface area contributed by atoms with E-state index in [0.717, 1.165) is 0 Å². The van der Waals surface area contributed by atoms with Gasteiger partial charge in [0.2, 0.25) is 0 Å². The highest BCUT2D eigenvalue weighted by molar-refractivity contribution is 8.26. The number of carbonyl (C=O) groups excluding carboxylic acids is 1. The van der Waals surface area contributed by atoms with E-state index < -0.39 is 5.97 Å². The number of aliphatic carboxylic acids is 1. The SMILES string of the molecule is COCC/C=C1\SC(=S)N(CCCC(=O)O)C1=O. The zero-order chi connectivity index (χ0) is 13.5. The maximum atomic E-state index is 11.9. The largest absolute Gasteiger partial charge is 0.481 e. The zero-order valence-electron chi connectivity index (χ0n) is 10.0. The van der Waals surface area contributed by atoms with Gasteiger partial charge in [0.15, 0.2) is 0 Å². The van der Waals surface area contributed by atoms with E-state index in [1.165, 1.54) is 16.7 Å². The van der Waals surface area contributed by atoms with Crippen molar-refractivity contribution in [2.45, 2.75) is 19.3 Å². The number of nitrogens with zero attached hydrogens (tertiary/aromatic N) is 1. The molecule has 1 amide bonds. The lowest BCUT2D eigenvalue weighted by atomic mass is 10.3. The summed E-state index contributed by atoms with van der Waals surface area (Å²) in [7, 11) is 1.60. The Labute approximate surface area is 115 Å². The van der Waals surface area contributed by atoms with E-state index in [0.29, 0.717) is 35.2 Å². The maximum absolute atomic E-state index is 11.9. The van der Waals surface area contributed by atoms with Gasteiger partial charge >= 0.3 is 5.97 Å². The van der Waals surface area contributed by atoms with Gasteiger partial charge in [-0.15, -0.1) is 0 Å². The van der Waals surface area contributed by atoms with E-state index in [9.17, 15) is 9.59 Å². The van der Waals surface area contributed by atoms with Gasteiger partial charge in [0.1, 0.15) is 4.32 Å². The van der Waals surface area contributed by atoms with E-state index >= 15 is 0 Å². The molecule has 1 fully saturated rings. The van der Waals surface area contributed by atoms with Crippen molar-refractivity contribution in [1.29, 1.82) is 0 Å². The molecule has 0 bridgehead atoms. The van der Waals surface area contributed by atoms with Crippen molar-refractivity contribution in [3.63, 3.8) is 0 Å². The molecule has 7 heteroatoms. The number of ether oxygens (including phenoxy) is 1. The Morgan fingerprint density at radius 2 is 2.33 bits per heavy atom. The Hall–Kier alpha value is -0.920. The lowest BCUT2D eigenvalue weighted by Crippen LogP contribution is -2.29. The van der Waals surface area contributed by atoms with Crippen molar-refractivity contribution in [2.24, 2.45) is 0 Å². The van der Waals surface area contributed by atoms with Gasteiger partial charge in [0.25, 0.3) is 5.91 Å². The second kappa shape index (κ2) is 7.50. The summed E-state index contributed by atoms with van der Waals surface area (Å²) < 4.78 is 5.40. The molecule has 1 aliphatic heterocycles. The third-order valence-corrected chi connectivity index (χ3v) is 3.72. The molecule has 1 heterocycles. The molecule has 1 saturated heterocycles. The number of carboxylic acid groups (broad SMARTS) is 1. The van der Waals surface area contributed by atoms with Crippen LogP contribution in [0, 0.1) is 0 Å². The van der Waals surface area contributed by atoms with E-state index in [-0.39, 0.29) is 12.3 Å². The topological polar surface area (TPSA) is 66.8 Å². The predicted molar refractivity (Wildman–Crippen MR) is 73.3 cm³/mol. The average Bonchev–Trinajstić information content (AvgIpc) is 2.56. The number of rotatable bonds is 7. The molecule has 1 aliphatic rings. The number of hydrogen-bond acceptors (Lipinski definition) is 5. The van der Waals surface area contributed by atoms with Crippen LogP contribution in [0.2, 0.25) is 0 Å². The normalized spacial score (nSPS) is 17.8. The van der Waals surface area contributed by atoms with Crippen LogP contribution in [0.4, 0.5) is 0 Å². The summed E-state index contributed by atoms with van der Waals surface area (Å²) in [5.74, 6) is -0.998. The summed E-state index contributed by atoms with van der Waals surface area (Å²) in [6, 6.07) is 0. The van der Waals surface area contributed by atoms with Crippen molar-refractivity contribution < 1.29 is 19.4 Å². The molecular weight excluding hydrogens is 274 g/mol. The molecule has 0 aliphatic carbocycles. The summed E-state index contributed by atoms with van der Waals surface area (Å²) in [6.07, 6.45) is 2.92. The number of thioether (sulfide) groups is 1. The third kappa shape index (κ3) is 4.40. The van der Waals surface area contributed by atoms with E-state index in [2.05, 4.69) is 0 Å². The monoisotopic (exact) mass is 289 g/mol. The van der Waals surface area contributed by atoms with Gasteiger partial charge in [0.05, 0.1) is 4.91 Å². The number of carbonyl (C=O) groups is 2. The highest BCUT2D eigenvalue weighted by Gasteiger charge is 2.31. The number of thiocarbonyl (C=S) groups is 1. The van der Waals surface area contributed by atoms with Crippen LogP contribution in [-0.2, 0) is 14.3 Å². The number of carboxylic acids is 1. The molecule has 18 heavy (non-hydrogen) atoms. The fourth-order valence-electron chi connectivity index (χ4n) is 1.43. The van der Waals surface area contributed by atoms with Crippen LogP contribution in [0.5, 0.6) is 0 Å². The van der Waals surface area contributed by atoms with Gasteiger partial charge in [-0.3, -0.25) is 14.5 Å². The van der Waals surface area contributed by atoms with Crippen LogP contribution in [0.3, 0.4) is 0 Å². The molecule has 0 aromatic carbocycles. The molecule has 0 atom stereocenters. The molecule has 0 radical (unpaired) electrons. The smallest absolute Gasteiger partial charge is 0.303 e. The second-order valence-corrected chi connectivity index (χ2v) is 5.35. The molecule has 0 unspecified atom stereocenters. The number of hydrogen-bond donors (Lipinski definition) is 1. The van der Waals surface area contributed by atoms with Crippen LogP contribution in [0.25, 0.3) is 0 Å². The quantitative estimate of drug-likeness (QED) is 0.436. The van der Waals surface area contributed by atoms with Crippen molar-refractivity contribution >= 4 is 40.2 Å². The molecule has 100 valence electrons. The lowest BCUT2D eigenvalue weighted by Gasteiger charge is -2.13. The summed E-state index contributed by atoms with van der Waals surface area (Å²) in [5.41, 5.74) is 0. The van der Waals surface area contributed by atoms with Crippen molar-refractivity contribution in [1.82, 2.24) is 4.90 Å². The Morgan fingerprint density at radius 3 is 2.94 bits per heavy atom. The summed E-state index contributed by atoms with van der Waals surface area (Å²) in [4.78, 5) is 24.4. The third-order valence-electron chi connectivity index (χ3n) is 2.30. The first-order valence-corrected chi connectivity index (χ1v) is 6.73. The van der Waals surface area contributed by atoms with Crippen LogP contribution >= 0.6 is 24.0 Å². The Balaban J connectivity index is 2.50. The van der Waals surface area contributed by atoms with Gasteiger partial charge in [-0.1, -0.05) is 30.1 Å². The predicted octanol–water partition coefficient (Wildman–Crippen LogP) is 1.63. The Bertz CT molecular complexity index is 381. The van der Waals surface area contributed by atoms with Gasteiger partial charge in [-0.25, -0.2) is 0 Å². The summed E-state index contributed by atoms with van der Waals surface area (Å²) >= 11 is 6.36. The molecule has 1 N–H and O–H groups in total. The van der Waals surface area contributed by atoms with E-state index in [4.69, 9.17) is 22.1 Å². The first-order valence-electron chi connectivity index (χ1n) is 5.51. The summed E-state index contributed by atoms with van der Waals surface area (Å²) in [6.45, 7) is 0.918. The molecule has 0 saturated carbocycles. The minimum atomic E-state index is -0.865. The standard InChI is InChI=1S/C11H15NO4S2/c1-16-7-3-4-8-10(15)12(11(17)18-8)6-2-5-9(13)14/h4H,2-3,5-7H2,1H3,(H,13,14)/b8-4-. The van der Waals surface area contributed by atoms with Crippen molar-refractivity contribution in [3.05, 3.63) is 11.0 Å². The van der Waals surface area contributed by atoms with Gasteiger partial charge in [-0.05, 0) is 12.8 Å². The molecule has 5 nitrogen and oxygen atoms in total. The van der Waals surface area contributed by atoms with E-state index in [1.807, 2.05) is 0 Å². The minimum absolute atomic E-state index is 0.0415. The minimum Gasteiger partial charge on any atom is -0.481 e.